The normalized spacial score (nSPS) is 18.6. The van der Waals surface area contributed by atoms with E-state index in [1.165, 1.54) is 0 Å². The van der Waals surface area contributed by atoms with Crippen LogP contribution in [0, 0.1) is 5.92 Å². The van der Waals surface area contributed by atoms with Crippen molar-refractivity contribution in [3.63, 3.8) is 0 Å². The minimum absolute atomic E-state index is 0.203. The van der Waals surface area contributed by atoms with E-state index in [9.17, 15) is 5.11 Å². The van der Waals surface area contributed by atoms with Crippen LogP contribution in [0.4, 0.5) is 5.95 Å². The summed E-state index contributed by atoms with van der Waals surface area (Å²) in [4.78, 5) is 11.1. The fraction of sp³-hybridized carbons (Fsp3) is 0.714. The van der Waals surface area contributed by atoms with Gasteiger partial charge in [0.15, 0.2) is 0 Å². The van der Waals surface area contributed by atoms with Crippen molar-refractivity contribution in [3.8, 4) is 0 Å². The van der Waals surface area contributed by atoms with Gasteiger partial charge in [-0.1, -0.05) is 6.92 Å². The number of rotatable bonds is 5. The molecule has 5 heteroatoms. The van der Waals surface area contributed by atoms with Crippen LogP contribution in [0.1, 0.15) is 32.3 Å². The number of nitrogens with one attached hydrogen (secondary N) is 1. The Labute approximate surface area is 115 Å². The Morgan fingerprint density at radius 2 is 2.00 bits per heavy atom. The maximum Gasteiger partial charge on any atom is 0.225 e. The van der Waals surface area contributed by atoms with Gasteiger partial charge in [0.05, 0.1) is 6.10 Å². The van der Waals surface area contributed by atoms with E-state index in [0.717, 1.165) is 50.5 Å². The van der Waals surface area contributed by atoms with Crippen LogP contribution in [0.5, 0.6) is 0 Å². The third-order valence-electron chi connectivity index (χ3n) is 3.78. The summed E-state index contributed by atoms with van der Waals surface area (Å²) in [5, 5.41) is 12.9. The molecule has 2 N–H and O–H groups in total. The first kappa shape index (κ1) is 14.2. The number of anilines is 1. The van der Waals surface area contributed by atoms with Crippen LogP contribution in [0.15, 0.2) is 12.4 Å². The lowest BCUT2D eigenvalue weighted by Crippen LogP contribution is -2.37. The van der Waals surface area contributed by atoms with Crippen molar-refractivity contribution in [2.75, 3.05) is 24.5 Å². The third kappa shape index (κ3) is 3.88. The average Bonchev–Trinajstić information content (AvgIpc) is 2.46. The molecule has 2 rings (SSSR count). The van der Waals surface area contributed by atoms with Crippen molar-refractivity contribution >= 4 is 5.95 Å². The molecule has 2 heterocycles. The highest BCUT2D eigenvalue weighted by atomic mass is 16.3. The van der Waals surface area contributed by atoms with Gasteiger partial charge in [0.25, 0.3) is 0 Å². The lowest BCUT2D eigenvalue weighted by Gasteiger charge is -2.33. The molecule has 0 amide bonds. The minimum Gasteiger partial charge on any atom is -0.393 e. The van der Waals surface area contributed by atoms with Gasteiger partial charge in [-0.15, -0.1) is 0 Å². The number of nitrogens with zero attached hydrogens (tertiary/aromatic N) is 3. The maximum absolute atomic E-state index is 9.60. The Balaban J connectivity index is 1.89. The lowest BCUT2D eigenvalue weighted by atomic mass is 9.92. The van der Waals surface area contributed by atoms with E-state index in [1.54, 1.807) is 0 Å². The average molecular weight is 264 g/mol. The van der Waals surface area contributed by atoms with Crippen molar-refractivity contribution in [2.24, 2.45) is 5.92 Å². The molecule has 0 aromatic carbocycles. The lowest BCUT2D eigenvalue weighted by molar-refractivity contribution is 0.109. The number of hydrogen-bond acceptors (Lipinski definition) is 5. The molecule has 1 saturated heterocycles. The predicted octanol–water partition coefficient (Wildman–Crippen LogP) is 1.18. The third-order valence-corrected chi connectivity index (χ3v) is 3.78. The summed E-state index contributed by atoms with van der Waals surface area (Å²) in [6.45, 7) is 7.60. The van der Waals surface area contributed by atoms with E-state index in [4.69, 9.17) is 0 Å². The van der Waals surface area contributed by atoms with Crippen molar-refractivity contribution < 1.29 is 5.11 Å². The zero-order valence-electron chi connectivity index (χ0n) is 11.8. The van der Waals surface area contributed by atoms with Crippen molar-refractivity contribution in [1.82, 2.24) is 15.3 Å². The molecule has 106 valence electrons. The van der Waals surface area contributed by atoms with Crippen LogP contribution in [0.3, 0.4) is 0 Å². The summed E-state index contributed by atoms with van der Waals surface area (Å²) >= 11 is 0. The number of piperidine rings is 1. The Bertz CT molecular complexity index is 372. The van der Waals surface area contributed by atoms with Gasteiger partial charge in [-0.05, 0) is 32.2 Å². The second-order valence-electron chi connectivity index (χ2n) is 5.24. The zero-order chi connectivity index (χ0) is 13.7. The Hall–Kier alpha value is -1.20. The molecule has 1 aliphatic heterocycles. The van der Waals surface area contributed by atoms with E-state index in [2.05, 4.69) is 27.1 Å². The summed E-state index contributed by atoms with van der Waals surface area (Å²) in [5.74, 6) is 1.23. The van der Waals surface area contributed by atoms with Crippen molar-refractivity contribution in [2.45, 2.75) is 39.3 Å². The number of aliphatic hydroxyl groups excluding tert-OH is 1. The van der Waals surface area contributed by atoms with Crippen molar-refractivity contribution in [3.05, 3.63) is 18.0 Å². The first-order chi connectivity index (χ1) is 9.20. The quantitative estimate of drug-likeness (QED) is 0.836. The van der Waals surface area contributed by atoms with Gasteiger partial charge >= 0.3 is 0 Å². The molecule has 0 spiro atoms. The largest absolute Gasteiger partial charge is 0.393 e. The SMILES string of the molecule is CCNCc1cnc(N2CCC(C(C)O)CC2)nc1. The fourth-order valence-electron chi connectivity index (χ4n) is 2.45. The molecule has 1 fully saturated rings. The topological polar surface area (TPSA) is 61.3 Å². The highest BCUT2D eigenvalue weighted by Gasteiger charge is 2.23. The smallest absolute Gasteiger partial charge is 0.225 e. The molecular weight excluding hydrogens is 240 g/mol. The van der Waals surface area contributed by atoms with E-state index < -0.39 is 0 Å². The number of aromatic nitrogens is 2. The molecule has 1 unspecified atom stereocenters. The minimum atomic E-state index is -0.203. The summed E-state index contributed by atoms with van der Waals surface area (Å²) in [5.41, 5.74) is 1.12. The molecule has 1 atom stereocenters. The van der Waals surface area contributed by atoms with Crippen LogP contribution in [-0.4, -0.2) is 40.8 Å². The van der Waals surface area contributed by atoms with E-state index in [1.807, 2.05) is 19.3 Å². The second kappa shape index (κ2) is 6.82. The number of aliphatic hydroxyl groups is 1. The molecular formula is C14H24N4O. The Morgan fingerprint density at radius 3 is 2.53 bits per heavy atom. The van der Waals surface area contributed by atoms with Crippen LogP contribution in [-0.2, 0) is 6.54 Å². The van der Waals surface area contributed by atoms with Crippen LogP contribution < -0.4 is 10.2 Å². The summed E-state index contributed by atoms with van der Waals surface area (Å²) in [7, 11) is 0. The second-order valence-corrected chi connectivity index (χ2v) is 5.24. The first-order valence-electron chi connectivity index (χ1n) is 7.15. The Morgan fingerprint density at radius 1 is 1.37 bits per heavy atom. The van der Waals surface area contributed by atoms with Crippen molar-refractivity contribution in [1.29, 1.82) is 0 Å². The predicted molar refractivity (Wildman–Crippen MR) is 76.0 cm³/mol. The van der Waals surface area contributed by atoms with Gasteiger partial charge in [-0.2, -0.15) is 0 Å². The standard InChI is InChI=1S/C14H24N4O/c1-3-15-8-12-9-16-14(17-10-12)18-6-4-13(5-7-18)11(2)19/h9-11,13,15,19H,3-8H2,1-2H3. The molecule has 0 bridgehead atoms. The van der Waals surface area contributed by atoms with Gasteiger partial charge in [0.2, 0.25) is 5.95 Å². The van der Waals surface area contributed by atoms with E-state index in [0.29, 0.717) is 5.92 Å². The molecule has 1 aromatic rings. The molecule has 0 radical (unpaired) electrons. The summed E-state index contributed by atoms with van der Waals surface area (Å²) < 4.78 is 0. The van der Waals surface area contributed by atoms with Gasteiger partial charge in [-0.3, -0.25) is 0 Å². The van der Waals surface area contributed by atoms with Crippen LogP contribution >= 0.6 is 0 Å². The molecule has 1 aliphatic rings. The van der Waals surface area contributed by atoms with Crippen LogP contribution in [0.25, 0.3) is 0 Å². The highest BCUT2D eigenvalue weighted by molar-refractivity contribution is 5.30. The first-order valence-corrected chi connectivity index (χ1v) is 7.15. The molecule has 5 nitrogen and oxygen atoms in total. The fourth-order valence-corrected chi connectivity index (χ4v) is 2.45. The maximum atomic E-state index is 9.60. The highest BCUT2D eigenvalue weighted by Crippen LogP contribution is 2.22. The molecule has 1 aromatic heterocycles. The summed E-state index contributed by atoms with van der Waals surface area (Å²) in [6, 6.07) is 0. The van der Waals surface area contributed by atoms with Gasteiger partial charge in [0, 0.05) is 37.6 Å². The Kier molecular flexibility index (Phi) is 5.10. The van der Waals surface area contributed by atoms with Gasteiger partial charge in [0.1, 0.15) is 0 Å². The summed E-state index contributed by atoms with van der Waals surface area (Å²) in [6.07, 6.45) is 5.61. The molecule has 0 saturated carbocycles. The van der Waals surface area contributed by atoms with Crippen LogP contribution in [0.2, 0.25) is 0 Å². The van der Waals surface area contributed by atoms with E-state index >= 15 is 0 Å². The van der Waals surface area contributed by atoms with E-state index in [-0.39, 0.29) is 6.10 Å². The van der Waals surface area contributed by atoms with Gasteiger partial charge < -0.3 is 15.3 Å². The number of hydrogen-bond donors (Lipinski definition) is 2. The molecule has 0 aliphatic carbocycles. The van der Waals surface area contributed by atoms with Gasteiger partial charge in [-0.25, -0.2) is 9.97 Å². The zero-order valence-corrected chi connectivity index (χ0v) is 11.8. The molecule has 19 heavy (non-hydrogen) atoms. The monoisotopic (exact) mass is 264 g/mol.